The molecule has 0 aliphatic carbocycles. The van der Waals surface area contributed by atoms with Gasteiger partial charge in [0, 0.05) is 25.5 Å². The van der Waals surface area contributed by atoms with Crippen LogP contribution in [0.25, 0.3) is 16.9 Å². The molecule has 0 aliphatic rings. The van der Waals surface area contributed by atoms with Crippen LogP contribution < -0.4 is 5.32 Å². The summed E-state index contributed by atoms with van der Waals surface area (Å²) in [4.78, 5) is 27.7. The predicted octanol–water partition coefficient (Wildman–Crippen LogP) is 2.42. The summed E-state index contributed by atoms with van der Waals surface area (Å²) in [5.41, 5.74) is 1.30. The molecule has 10 heteroatoms. The van der Waals surface area contributed by atoms with Crippen LogP contribution in [-0.2, 0) is 6.54 Å². The molecular formula is C17H16N8O2. The normalized spacial score (nSPS) is 11.0. The molecule has 0 radical (unpaired) electrons. The molecule has 1 N–H and O–H groups in total. The first-order chi connectivity index (χ1) is 13.2. The van der Waals surface area contributed by atoms with Gasteiger partial charge in [0.1, 0.15) is 12.7 Å². The molecule has 0 bridgehead atoms. The second-order valence-corrected chi connectivity index (χ2v) is 5.84. The third-order valence-corrected chi connectivity index (χ3v) is 4.11. The van der Waals surface area contributed by atoms with Crippen LogP contribution >= 0.6 is 0 Å². The smallest absolute Gasteiger partial charge is 0.354 e. The molecule has 0 saturated carbocycles. The summed E-state index contributed by atoms with van der Waals surface area (Å²) >= 11 is 0. The Morgan fingerprint density at radius 3 is 2.85 bits per heavy atom. The number of rotatable bonds is 7. The van der Waals surface area contributed by atoms with Crippen LogP contribution in [0.4, 0.5) is 11.5 Å². The van der Waals surface area contributed by atoms with Gasteiger partial charge in [-0.3, -0.25) is 14.7 Å². The van der Waals surface area contributed by atoms with Crippen molar-refractivity contribution < 1.29 is 4.92 Å². The maximum Gasteiger partial charge on any atom is 0.354 e. The molecule has 4 aromatic rings. The number of hydrogen-bond donors (Lipinski definition) is 1. The lowest BCUT2D eigenvalue weighted by molar-refractivity contribution is -0.384. The monoisotopic (exact) mass is 364 g/mol. The van der Waals surface area contributed by atoms with E-state index in [1.54, 1.807) is 17.1 Å². The summed E-state index contributed by atoms with van der Waals surface area (Å²) in [6.07, 6.45) is 8.92. The van der Waals surface area contributed by atoms with Gasteiger partial charge in [0.25, 0.3) is 0 Å². The number of aromatic nitrogens is 6. The van der Waals surface area contributed by atoms with Crippen molar-refractivity contribution in [3.63, 3.8) is 0 Å². The standard InChI is InChI=1S/C17H16N8O2/c26-25(27)15-16(19-6-3-8-23-9-7-18-11-23)20-10-21-17(15)24-12-22-13-4-1-2-5-14(13)24/h1-2,4-5,7,9-12H,3,6,8H2,(H,19,20,21). The minimum atomic E-state index is -0.470. The summed E-state index contributed by atoms with van der Waals surface area (Å²) in [7, 11) is 0. The summed E-state index contributed by atoms with van der Waals surface area (Å²) in [5, 5.41) is 14.8. The Morgan fingerprint density at radius 1 is 1.15 bits per heavy atom. The number of nitrogens with one attached hydrogen (secondary N) is 1. The van der Waals surface area contributed by atoms with Crippen LogP contribution in [0.15, 0.2) is 55.6 Å². The van der Waals surface area contributed by atoms with E-state index in [4.69, 9.17) is 0 Å². The van der Waals surface area contributed by atoms with Crippen LogP contribution in [0.1, 0.15) is 6.42 Å². The van der Waals surface area contributed by atoms with Gasteiger partial charge < -0.3 is 9.88 Å². The third kappa shape index (κ3) is 3.32. The summed E-state index contributed by atoms with van der Waals surface area (Å²) < 4.78 is 3.55. The van der Waals surface area contributed by atoms with Gasteiger partial charge in [0.05, 0.1) is 22.3 Å². The Labute approximate surface area is 153 Å². The maximum absolute atomic E-state index is 11.7. The Kier molecular flexibility index (Phi) is 4.44. The van der Waals surface area contributed by atoms with Crippen LogP contribution in [0.2, 0.25) is 0 Å². The fraction of sp³-hybridized carbons (Fsp3) is 0.176. The van der Waals surface area contributed by atoms with E-state index in [-0.39, 0.29) is 17.3 Å². The van der Waals surface area contributed by atoms with Crippen molar-refractivity contribution in [2.75, 3.05) is 11.9 Å². The second kappa shape index (κ2) is 7.20. The van der Waals surface area contributed by atoms with Crippen molar-refractivity contribution in [3.8, 4) is 5.82 Å². The van der Waals surface area contributed by atoms with Crippen molar-refractivity contribution in [1.82, 2.24) is 29.1 Å². The molecule has 27 heavy (non-hydrogen) atoms. The highest BCUT2D eigenvalue weighted by Crippen LogP contribution is 2.29. The second-order valence-electron chi connectivity index (χ2n) is 5.84. The van der Waals surface area contributed by atoms with E-state index in [2.05, 4.69) is 25.3 Å². The van der Waals surface area contributed by atoms with Crippen LogP contribution in [-0.4, -0.2) is 40.5 Å². The number of benzene rings is 1. The molecule has 0 saturated heterocycles. The molecule has 0 amide bonds. The number of para-hydroxylation sites is 2. The zero-order chi connectivity index (χ0) is 18.6. The minimum Gasteiger partial charge on any atom is -0.364 e. The average Bonchev–Trinajstić information content (AvgIpc) is 3.34. The molecule has 136 valence electrons. The highest BCUT2D eigenvalue weighted by molar-refractivity contribution is 5.78. The lowest BCUT2D eigenvalue weighted by Crippen LogP contribution is -2.11. The summed E-state index contributed by atoms with van der Waals surface area (Å²) in [5.74, 6) is 0.370. The number of anilines is 1. The van der Waals surface area contributed by atoms with Crippen LogP contribution in [0, 0.1) is 10.1 Å². The molecule has 0 fully saturated rings. The average molecular weight is 364 g/mol. The highest BCUT2D eigenvalue weighted by Gasteiger charge is 2.25. The van der Waals surface area contributed by atoms with E-state index in [1.807, 2.05) is 35.0 Å². The van der Waals surface area contributed by atoms with Crippen molar-refractivity contribution in [2.24, 2.45) is 0 Å². The minimum absolute atomic E-state index is 0.178. The fourth-order valence-corrected chi connectivity index (χ4v) is 2.86. The third-order valence-electron chi connectivity index (χ3n) is 4.11. The van der Waals surface area contributed by atoms with Gasteiger partial charge >= 0.3 is 5.69 Å². The Bertz CT molecular complexity index is 1070. The van der Waals surface area contributed by atoms with Crippen molar-refractivity contribution in [3.05, 3.63) is 65.8 Å². The van der Waals surface area contributed by atoms with Crippen LogP contribution in [0.3, 0.4) is 0 Å². The van der Waals surface area contributed by atoms with Gasteiger partial charge in [0.15, 0.2) is 0 Å². The molecule has 1 aromatic carbocycles. The SMILES string of the molecule is O=[N+]([O-])c1c(NCCCn2ccnc2)ncnc1-n1cnc2ccccc21. The van der Waals surface area contributed by atoms with Gasteiger partial charge in [-0.05, 0) is 18.6 Å². The zero-order valence-electron chi connectivity index (χ0n) is 14.3. The first-order valence-corrected chi connectivity index (χ1v) is 8.35. The fourth-order valence-electron chi connectivity index (χ4n) is 2.86. The van der Waals surface area contributed by atoms with E-state index in [0.29, 0.717) is 6.54 Å². The molecule has 10 nitrogen and oxygen atoms in total. The molecule has 3 aromatic heterocycles. The zero-order valence-corrected chi connectivity index (χ0v) is 14.3. The maximum atomic E-state index is 11.7. The summed E-state index contributed by atoms with van der Waals surface area (Å²) in [6, 6.07) is 7.39. The van der Waals surface area contributed by atoms with Gasteiger partial charge in [-0.2, -0.15) is 0 Å². The number of aryl methyl sites for hydroxylation is 1. The molecular weight excluding hydrogens is 348 g/mol. The van der Waals surface area contributed by atoms with Gasteiger partial charge in [-0.15, -0.1) is 0 Å². The van der Waals surface area contributed by atoms with Gasteiger partial charge in [-0.1, -0.05) is 12.1 Å². The van der Waals surface area contributed by atoms with E-state index in [9.17, 15) is 10.1 Å². The lowest BCUT2D eigenvalue weighted by Gasteiger charge is -2.09. The molecule has 3 heterocycles. The highest BCUT2D eigenvalue weighted by atomic mass is 16.6. The van der Waals surface area contributed by atoms with E-state index >= 15 is 0 Å². The first kappa shape index (κ1) is 16.6. The molecule has 0 spiro atoms. The molecule has 0 unspecified atom stereocenters. The van der Waals surface area contributed by atoms with E-state index in [0.717, 1.165) is 24.0 Å². The number of hydrogen-bond acceptors (Lipinski definition) is 7. The topological polar surface area (TPSA) is 117 Å². The Hall–Kier alpha value is -3.82. The van der Waals surface area contributed by atoms with Crippen molar-refractivity contribution >= 4 is 22.5 Å². The van der Waals surface area contributed by atoms with Crippen LogP contribution in [0.5, 0.6) is 0 Å². The molecule has 0 aliphatic heterocycles. The number of nitro groups is 1. The van der Waals surface area contributed by atoms with E-state index in [1.165, 1.54) is 12.7 Å². The van der Waals surface area contributed by atoms with Gasteiger partial charge in [0.2, 0.25) is 11.6 Å². The largest absolute Gasteiger partial charge is 0.364 e. The number of fused-ring (bicyclic) bond motifs is 1. The van der Waals surface area contributed by atoms with E-state index < -0.39 is 4.92 Å². The molecule has 0 atom stereocenters. The summed E-state index contributed by atoms with van der Waals surface area (Å²) in [6.45, 7) is 1.28. The van der Waals surface area contributed by atoms with Crippen molar-refractivity contribution in [1.29, 1.82) is 0 Å². The Morgan fingerprint density at radius 2 is 2.04 bits per heavy atom. The predicted molar refractivity (Wildman–Crippen MR) is 98.6 cm³/mol. The quantitative estimate of drug-likeness (QED) is 0.304. The lowest BCUT2D eigenvalue weighted by atomic mass is 10.3. The molecule has 4 rings (SSSR count). The Balaban J connectivity index is 1.61. The van der Waals surface area contributed by atoms with Crippen molar-refractivity contribution in [2.45, 2.75) is 13.0 Å². The first-order valence-electron chi connectivity index (χ1n) is 8.35. The number of imidazole rings is 2. The number of nitrogens with zero attached hydrogens (tertiary/aromatic N) is 7. The van der Waals surface area contributed by atoms with Gasteiger partial charge in [-0.25, -0.2) is 19.9 Å².